The lowest BCUT2D eigenvalue weighted by molar-refractivity contribution is -0.121. The second kappa shape index (κ2) is 9.13. The SMILES string of the molecule is CCCN1C(=O)COc2ccc(NC(=O)c3ccc(OCc4c(C)noc4C)cc3)cc21. The van der Waals surface area contributed by atoms with Crippen LogP contribution in [0.25, 0.3) is 0 Å². The maximum atomic E-state index is 12.7. The van der Waals surface area contributed by atoms with Crippen LogP contribution >= 0.6 is 0 Å². The standard InChI is InChI=1S/C24H25N3O5/c1-4-11-27-21-12-18(7-10-22(21)31-14-23(27)28)25-24(29)17-5-8-19(9-6-17)30-13-20-15(2)26-32-16(20)3/h5-10,12H,4,11,13-14H2,1-3H3,(H,25,29). The van der Waals surface area contributed by atoms with Crippen molar-refractivity contribution in [1.29, 1.82) is 0 Å². The van der Waals surface area contributed by atoms with E-state index in [4.69, 9.17) is 14.0 Å². The molecule has 0 atom stereocenters. The molecular weight excluding hydrogens is 410 g/mol. The second-order valence-corrected chi connectivity index (χ2v) is 7.59. The quantitative estimate of drug-likeness (QED) is 0.596. The lowest BCUT2D eigenvalue weighted by Gasteiger charge is -2.29. The van der Waals surface area contributed by atoms with Crippen LogP contribution < -0.4 is 19.7 Å². The summed E-state index contributed by atoms with van der Waals surface area (Å²) in [5.41, 5.74) is 3.47. The van der Waals surface area contributed by atoms with Crippen molar-refractivity contribution in [2.45, 2.75) is 33.8 Å². The molecule has 1 N–H and O–H groups in total. The number of hydrogen-bond donors (Lipinski definition) is 1. The highest BCUT2D eigenvalue weighted by molar-refractivity contribution is 6.05. The number of hydrogen-bond acceptors (Lipinski definition) is 6. The lowest BCUT2D eigenvalue weighted by Crippen LogP contribution is -2.39. The number of aryl methyl sites for hydroxylation is 2. The van der Waals surface area contributed by atoms with Crippen LogP contribution in [0.3, 0.4) is 0 Å². The maximum Gasteiger partial charge on any atom is 0.265 e. The van der Waals surface area contributed by atoms with E-state index in [1.807, 2.05) is 20.8 Å². The number of nitrogens with zero attached hydrogens (tertiary/aromatic N) is 2. The first-order valence-electron chi connectivity index (χ1n) is 10.5. The van der Waals surface area contributed by atoms with Crippen molar-refractivity contribution >= 4 is 23.2 Å². The molecule has 0 saturated carbocycles. The molecule has 2 amide bonds. The Balaban J connectivity index is 1.42. The molecular formula is C24H25N3O5. The van der Waals surface area contributed by atoms with Crippen LogP contribution in [0.15, 0.2) is 47.0 Å². The number of carbonyl (C=O) groups is 2. The Hall–Kier alpha value is -3.81. The van der Waals surface area contributed by atoms with Gasteiger partial charge >= 0.3 is 0 Å². The molecule has 0 bridgehead atoms. The Bertz CT molecular complexity index is 1120. The van der Waals surface area contributed by atoms with Crippen molar-refractivity contribution in [3.05, 3.63) is 65.0 Å². The topological polar surface area (TPSA) is 93.9 Å². The van der Waals surface area contributed by atoms with Crippen LogP contribution in [-0.4, -0.2) is 30.1 Å². The van der Waals surface area contributed by atoms with Crippen molar-refractivity contribution in [1.82, 2.24) is 5.16 Å². The fourth-order valence-electron chi connectivity index (χ4n) is 3.52. The van der Waals surface area contributed by atoms with E-state index in [-0.39, 0.29) is 18.4 Å². The number of rotatable bonds is 7. The molecule has 8 nitrogen and oxygen atoms in total. The minimum Gasteiger partial charge on any atom is -0.489 e. The van der Waals surface area contributed by atoms with Gasteiger partial charge in [-0.25, -0.2) is 0 Å². The highest BCUT2D eigenvalue weighted by atomic mass is 16.5. The zero-order valence-electron chi connectivity index (χ0n) is 18.3. The zero-order chi connectivity index (χ0) is 22.7. The van der Waals surface area contributed by atoms with Gasteiger partial charge in [0.2, 0.25) is 0 Å². The van der Waals surface area contributed by atoms with E-state index in [1.165, 1.54) is 0 Å². The van der Waals surface area contributed by atoms with E-state index in [9.17, 15) is 9.59 Å². The first kappa shape index (κ1) is 21.4. The smallest absolute Gasteiger partial charge is 0.265 e. The number of nitrogens with one attached hydrogen (secondary N) is 1. The number of aromatic nitrogens is 1. The molecule has 0 radical (unpaired) electrons. The van der Waals surface area contributed by atoms with E-state index >= 15 is 0 Å². The summed E-state index contributed by atoms with van der Waals surface area (Å²) in [5.74, 6) is 1.66. The molecule has 3 aromatic rings. The van der Waals surface area contributed by atoms with Gasteiger partial charge in [-0.1, -0.05) is 12.1 Å². The average Bonchev–Trinajstić information content (AvgIpc) is 3.12. The van der Waals surface area contributed by atoms with Gasteiger partial charge in [-0.05, 0) is 62.7 Å². The number of ether oxygens (including phenoxy) is 2. The Labute approximate surface area is 186 Å². The Morgan fingerprint density at radius 1 is 1.19 bits per heavy atom. The largest absolute Gasteiger partial charge is 0.489 e. The molecule has 32 heavy (non-hydrogen) atoms. The molecule has 0 saturated heterocycles. The van der Waals surface area contributed by atoms with Crippen molar-refractivity contribution < 1.29 is 23.6 Å². The number of fused-ring (bicyclic) bond motifs is 1. The van der Waals surface area contributed by atoms with Crippen LogP contribution in [0, 0.1) is 13.8 Å². The van der Waals surface area contributed by atoms with Gasteiger partial charge in [0, 0.05) is 17.8 Å². The third-order valence-electron chi connectivity index (χ3n) is 5.29. The third kappa shape index (κ3) is 4.44. The predicted molar refractivity (Wildman–Crippen MR) is 119 cm³/mol. The summed E-state index contributed by atoms with van der Waals surface area (Å²) >= 11 is 0. The normalized spacial score (nSPS) is 12.8. The monoisotopic (exact) mass is 435 g/mol. The van der Waals surface area contributed by atoms with Crippen molar-refractivity contribution in [2.75, 3.05) is 23.4 Å². The maximum absolute atomic E-state index is 12.7. The van der Waals surface area contributed by atoms with Gasteiger partial charge in [0.1, 0.15) is 23.9 Å². The van der Waals surface area contributed by atoms with Crippen LogP contribution in [0.4, 0.5) is 11.4 Å². The van der Waals surface area contributed by atoms with E-state index in [2.05, 4.69) is 10.5 Å². The van der Waals surface area contributed by atoms with E-state index in [0.717, 1.165) is 23.4 Å². The first-order chi connectivity index (χ1) is 15.5. The highest BCUT2D eigenvalue weighted by Crippen LogP contribution is 2.34. The van der Waals surface area contributed by atoms with Gasteiger partial charge in [0.05, 0.1) is 16.9 Å². The Morgan fingerprint density at radius 2 is 1.97 bits per heavy atom. The summed E-state index contributed by atoms with van der Waals surface area (Å²) in [6, 6.07) is 12.2. The molecule has 0 aliphatic carbocycles. The van der Waals surface area contributed by atoms with Crippen LogP contribution in [0.2, 0.25) is 0 Å². The van der Waals surface area contributed by atoms with Gasteiger partial charge < -0.3 is 24.2 Å². The van der Waals surface area contributed by atoms with Crippen LogP contribution in [0.5, 0.6) is 11.5 Å². The van der Waals surface area contributed by atoms with Gasteiger partial charge in [0.25, 0.3) is 11.8 Å². The molecule has 2 heterocycles. The van der Waals surface area contributed by atoms with Gasteiger partial charge in [0.15, 0.2) is 6.61 Å². The molecule has 4 rings (SSSR count). The summed E-state index contributed by atoms with van der Waals surface area (Å²) in [6.07, 6.45) is 0.826. The van der Waals surface area contributed by atoms with Crippen LogP contribution in [-0.2, 0) is 11.4 Å². The second-order valence-electron chi connectivity index (χ2n) is 7.59. The molecule has 1 aliphatic heterocycles. The van der Waals surface area contributed by atoms with Crippen molar-refractivity contribution in [3.8, 4) is 11.5 Å². The summed E-state index contributed by atoms with van der Waals surface area (Å²) in [5, 5.41) is 6.79. The molecule has 2 aromatic carbocycles. The Kier molecular flexibility index (Phi) is 6.11. The lowest BCUT2D eigenvalue weighted by atomic mass is 10.1. The minimum atomic E-state index is -0.257. The fourth-order valence-corrected chi connectivity index (χ4v) is 3.52. The van der Waals surface area contributed by atoms with Gasteiger partial charge in [-0.3, -0.25) is 9.59 Å². The molecule has 0 spiro atoms. The number of benzene rings is 2. The Morgan fingerprint density at radius 3 is 2.66 bits per heavy atom. The van der Waals surface area contributed by atoms with E-state index < -0.39 is 0 Å². The third-order valence-corrected chi connectivity index (χ3v) is 5.29. The van der Waals surface area contributed by atoms with Gasteiger partial charge in [-0.2, -0.15) is 0 Å². The minimum absolute atomic E-state index is 0.0311. The fraction of sp³-hybridized carbons (Fsp3) is 0.292. The summed E-state index contributed by atoms with van der Waals surface area (Å²) in [7, 11) is 0. The van der Waals surface area contributed by atoms with Crippen LogP contribution in [0.1, 0.15) is 40.7 Å². The molecule has 1 aromatic heterocycles. The summed E-state index contributed by atoms with van der Waals surface area (Å²) in [4.78, 5) is 26.6. The molecule has 8 heteroatoms. The molecule has 0 unspecified atom stereocenters. The number of amides is 2. The average molecular weight is 435 g/mol. The summed E-state index contributed by atoms with van der Waals surface area (Å²) < 4.78 is 16.4. The summed E-state index contributed by atoms with van der Waals surface area (Å²) in [6.45, 7) is 6.70. The zero-order valence-corrected chi connectivity index (χ0v) is 18.3. The number of carbonyl (C=O) groups excluding carboxylic acids is 2. The molecule has 166 valence electrons. The molecule has 0 fully saturated rings. The van der Waals surface area contributed by atoms with Crippen molar-refractivity contribution in [2.24, 2.45) is 0 Å². The van der Waals surface area contributed by atoms with Gasteiger partial charge in [-0.15, -0.1) is 0 Å². The first-order valence-corrected chi connectivity index (χ1v) is 10.5. The highest BCUT2D eigenvalue weighted by Gasteiger charge is 2.25. The van der Waals surface area contributed by atoms with Crippen molar-refractivity contribution in [3.63, 3.8) is 0 Å². The molecule has 1 aliphatic rings. The predicted octanol–water partition coefficient (Wildman–Crippen LogP) is 4.26. The number of anilines is 2. The van der Waals surface area contributed by atoms with E-state index in [0.29, 0.717) is 41.6 Å². The van der Waals surface area contributed by atoms with E-state index in [1.54, 1.807) is 47.4 Å².